The van der Waals surface area contributed by atoms with E-state index in [0.29, 0.717) is 38.3 Å². The summed E-state index contributed by atoms with van der Waals surface area (Å²) in [6.07, 6.45) is 3.18. The maximum atomic E-state index is 12.8. The Balaban J connectivity index is 1.43. The predicted molar refractivity (Wildman–Crippen MR) is 87.6 cm³/mol. The van der Waals surface area contributed by atoms with Crippen molar-refractivity contribution in [3.05, 3.63) is 30.0 Å². The van der Waals surface area contributed by atoms with Crippen LogP contribution in [0.5, 0.6) is 0 Å². The van der Waals surface area contributed by atoms with Crippen molar-refractivity contribution in [2.75, 3.05) is 32.8 Å². The molecule has 126 valence electrons. The van der Waals surface area contributed by atoms with Crippen LogP contribution in [0.2, 0.25) is 0 Å². The van der Waals surface area contributed by atoms with Crippen molar-refractivity contribution in [3.8, 4) is 0 Å². The Labute approximate surface area is 139 Å². The van der Waals surface area contributed by atoms with E-state index in [1.54, 1.807) is 11.1 Å². The van der Waals surface area contributed by atoms with E-state index in [-0.39, 0.29) is 17.9 Å². The van der Waals surface area contributed by atoms with Gasteiger partial charge in [0.2, 0.25) is 0 Å². The lowest BCUT2D eigenvalue weighted by Gasteiger charge is -2.35. The maximum absolute atomic E-state index is 12.8. The zero-order valence-corrected chi connectivity index (χ0v) is 13.4. The van der Waals surface area contributed by atoms with Gasteiger partial charge in [-0.25, -0.2) is 0 Å². The van der Waals surface area contributed by atoms with Gasteiger partial charge in [0.15, 0.2) is 0 Å². The fraction of sp³-hybridized carbons (Fsp3) is 0.471. The molecule has 0 saturated carbocycles. The summed E-state index contributed by atoms with van der Waals surface area (Å²) in [4.78, 5) is 28.8. The Kier molecular flexibility index (Phi) is 3.93. The van der Waals surface area contributed by atoms with Gasteiger partial charge in [-0.3, -0.25) is 14.7 Å². The highest BCUT2D eigenvalue weighted by atomic mass is 16.5. The molecule has 3 heterocycles. The number of carbonyl (C=O) groups excluding carboxylic acids is 2. The first-order valence-corrected chi connectivity index (χ1v) is 8.36. The molecule has 2 saturated heterocycles. The standard InChI is InChI=1S/C17H20N4O3/c22-16(13-4-1-3-12-11-18-19-15(12)13)20-6-8-21(9-7-20)17(23)14-5-2-10-24-14/h1,3-4,11,14H,2,5-10H2,(H,18,19). The van der Waals surface area contributed by atoms with Crippen LogP contribution >= 0.6 is 0 Å². The topological polar surface area (TPSA) is 78.5 Å². The minimum Gasteiger partial charge on any atom is -0.368 e. The zero-order chi connectivity index (χ0) is 16.5. The number of aromatic amines is 1. The normalized spacial score (nSPS) is 21.4. The van der Waals surface area contributed by atoms with E-state index in [4.69, 9.17) is 4.74 Å². The van der Waals surface area contributed by atoms with Gasteiger partial charge in [-0.2, -0.15) is 5.10 Å². The molecule has 1 aromatic heterocycles. The van der Waals surface area contributed by atoms with Gasteiger partial charge in [0.05, 0.1) is 17.3 Å². The van der Waals surface area contributed by atoms with Crippen LogP contribution < -0.4 is 0 Å². The molecular formula is C17H20N4O3. The SMILES string of the molecule is O=C(c1cccc2cn[nH]c12)N1CCN(C(=O)C2CCCO2)CC1. The second-order valence-corrected chi connectivity index (χ2v) is 6.26. The van der Waals surface area contributed by atoms with Crippen molar-refractivity contribution in [2.24, 2.45) is 0 Å². The van der Waals surface area contributed by atoms with Crippen LogP contribution in [0.25, 0.3) is 10.9 Å². The van der Waals surface area contributed by atoms with Gasteiger partial charge in [0.1, 0.15) is 6.10 Å². The lowest BCUT2D eigenvalue weighted by Crippen LogP contribution is -2.52. The lowest BCUT2D eigenvalue weighted by molar-refractivity contribution is -0.142. The summed E-state index contributed by atoms with van der Waals surface area (Å²) in [7, 11) is 0. The van der Waals surface area contributed by atoms with Crippen molar-refractivity contribution in [1.82, 2.24) is 20.0 Å². The molecule has 0 radical (unpaired) electrons. The first-order chi connectivity index (χ1) is 11.7. The molecule has 0 spiro atoms. The van der Waals surface area contributed by atoms with E-state index < -0.39 is 0 Å². The molecule has 1 N–H and O–H groups in total. The van der Waals surface area contributed by atoms with Gasteiger partial charge in [0, 0.05) is 38.2 Å². The summed E-state index contributed by atoms with van der Waals surface area (Å²) in [6, 6.07) is 5.60. The van der Waals surface area contributed by atoms with Gasteiger partial charge in [-0.1, -0.05) is 12.1 Å². The van der Waals surface area contributed by atoms with Crippen LogP contribution in [0.4, 0.5) is 0 Å². The Morgan fingerprint density at radius 3 is 2.71 bits per heavy atom. The largest absolute Gasteiger partial charge is 0.368 e. The minimum atomic E-state index is -0.286. The van der Waals surface area contributed by atoms with Gasteiger partial charge in [-0.05, 0) is 18.9 Å². The summed E-state index contributed by atoms with van der Waals surface area (Å²) in [5, 5.41) is 7.82. The molecule has 0 aliphatic carbocycles. The number of nitrogens with one attached hydrogen (secondary N) is 1. The number of H-pyrrole nitrogens is 1. The number of fused-ring (bicyclic) bond motifs is 1. The first-order valence-electron chi connectivity index (χ1n) is 8.36. The quantitative estimate of drug-likeness (QED) is 0.893. The second kappa shape index (κ2) is 6.24. The van der Waals surface area contributed by atoms with Crippen LogP contribution in [-0.4, -0.2) is 70.7 Å². The van der Waals surface area contributed by atoms with E-state index in [1.807, 2.05) is 23.1 Å². The molecular weight excluding hydrogens is 308 g/mol. The van der Waals surface area contributed by atoms with Crippen molar-refractivity contribution in [1.29, 1.82) is 0 Å². The van der Waals surface area contributed by atoms with Crippen molar-refractivity contribution in [3.63, 3.8) is 0 Å². The third kappa shape index (κ3) is 2.65. The van der Waals surface area contributed by atoms with E-state index >= 15 is 0 Å². The molecule has 0 bridgehead atoms. The first kappa shape index (κ1) is 15.1. The predicted octanol–water partition coefficient (Wildman–Crippen LogP) is 1.03. The Morgan fingerprint density at radius 2 is 1.96 bits per heavy atom. The molecule has 24 heavy (non-hydrogen) atoms. The number of benzene rings is 1. The fourth-order valence-electron chi connectivity index (χ4n) is 3.42. The van der Waals surface area contributed by atoms with Crippen LogP contribution in [-0.2, 0) is 9.53 Å². The monoisotopic (exact) mass is 328 g/mol. The molecule has 7 heteroatoms. The number of piperazine rings is 1. The number of aromatic nitrogens is 2. The third-order valence-corrected chi connectivity index (χ3v) is 4.79. The highest BCUT2D eigenvalue weighted by Gasteiger charge is 2.31. The van der Waals surface area contributed by atoms with E-state index in [9.17, 15) is 9.59 Å². The molecule has 1 atom stereocenters. The Hall–Kier alpha value is -2.41. The van der Waals surface area contributed by atoms with Crippen molar-refractivity contribution >= 4 is 22.7 Å². The zero-order valence-electron chi connectivity index (χ0n) is 13.4. The van der Waals surface area contributed by atoms with Gasteiger partial charge < -0.3 is 14.5 Å². The van der Waals surface area contributed by atoms with Gasteiger partial charge in [-0.15, -0.1) is 0 Å². The number of carbonyl (C=O) groups is 2. The Morgan fingerprint density at radius 1 is 1.17 bits per heavy atom. The van der Waals surface area contributed by atoms with Crippen LogP contribution in [0.15, 0.2) is 24.4 Å². The van der Waals surface area contributed by atoms with Crippen molar-refractivity contribution < 1.29 is 14.3 Å². The van der Waals surface area contributed by atoms with Gasteiger partial charge in [0.25, 0.3) is 11.8 Å². The number of rotatable bonds is 2. The number of amides is 2. The number of hydrogen-bond donors (Lipinski definition) is 1. The van der Waals surface area contributed by atoms with E-state index in [0.717, 1.165) is 23.7 Å². The summed E-state index contributed by atoms with van der Waals surface area (Å²) >= 11 is 0. The molecule has 7 nitrogen and oxygen atoms in total. The lowest BCUT2D eigenvalue weighted by atomic mass is 10.1. The van der Waals surface area contributed by atoms with Crippen molar-refractivity contribution in [2.45, 2.75) is 18.9 Å². The molecule has 1 aromatic carbocycles. The van der Waals surface area contributed by atoms with Crippen LogP contribution in [0.1, 0.15) is 23.2 Å². The molecule has 2 amide bonds. The summed E-state index contributed by atoms with van der Waals surface area (Å²) in [5.41, 5.74) is 1.39. The molecule has 1 unspecified atom stereocenters. The summed E-state index contributed by atoms with van der Waals surface area (Å²) < 4.78 is 5.47. The fourth-order valence-corrected chi connectivity index (χ4v) is 3.42. The van der Waals surface area contributed by atoms with Crippen LogP contribution in [0, 0.1) is 0 Å². The van der Waals surface area contributed by atoms with E-state index in [1.165, 1.54) is 0 Å². The van der Waals surface area contributed by atoms with E-state index in [2.05, 4.69) is 10.2 Å². The molecule has 4 rings (SSSR count). The summed E-state index contributed by atoms with van der Waals surface area (Å²) in [6.45, 7) is 2.87. The average molecular weight is 328 g/mol. The smallest absolute Gasteiger partial charge is 0.256 e. The molecule has 2 aliphatic rings. The van der Waals surface area contributed by atoms with Gasteiger partial charge >= 0.3 is 0 Å². The maximum Gasteiger partial charge on any atom is 0.256 e. The Bertz CT molecular complexity index is 758. The highest BCUT2D eigenvalue weighted by molar-refractivity contribution is 6.05. The number of hydrogen-bond acceptors (Lipinski definition) is 4. The second-order valence-electron chi connectivity index (χ2n) is 6.26. The third-order valence-electron chi connectivity index (χ3n) is 4.79. The molecule has 2 aliphatic heterocycles. The number of ether oxygens (including phenoxy) is 1. The van der Waals surface area contributed by atoms with Crippen LogP contribution in [0.3, 0.4) is 0 Å². The summed E-state index contributed by atoms with van der Waals surface area (Å²) in [5.74, 6) is 0.0457. The molecule has 2 aromatic rings. The average Bonchev–Trinajstić information content (AvgIpc) is 3.31. The number of nitrogens with zero attached hydrogens (tertiary/aromatic N) is 3. The molecule has 2 fully saturated rings. The number of para-hydroxylation sites is 1. The minimum absolute atomic E-state index is 0.0194. The highest BCUT2D eigenvalue weighted by Crippen LogP contribution is 2.20.